The van der Waals surface area contributed by atoms with Crippen molar-refractivity contribution in [2.75, 3.05) is 0 Å². The van der Waals surface area contributed by atoms with Crippen LogP contribution in [0.15, 0.2) is 42.7 Å². The molecule has 3 nitrogen and oxygen atoms in total. The minimum Gasteiger partial charge on any atom is -0.271 e. The molecule has 1 aromatic carbocycles. The van der Waals surface area contributed by atoms with E-state index in [0.717, 1.165) is 16.7 Å². The van der Waals surface area contributed by atoms with Crippen molar-refractivity contribution < 1.29 is 0 Å². The first-order valence-electron chi connectivity index (χ1n) is 5.34. The second-order valence-electron chi connectivity index (χ2n) is 3.95. The fraction of sp³-hybridized carbons (Fsp3) is 0.154. The SMILES string of the molecule is Cc1cncc(C(NN)c2ccc(Cl)cc2)c1. The van der Waals surface area contributed by atoms with Crippen LogP contribution in [-0.4, -0.2) is 4.98 Å². The van der Waals surface area contributed by atoms with Crippen LogP contribution in [0.5, 0.6) is 0 Å². The summed E-state index contributed by atoms with van der Waals surface area (Å²) in [5.74, 6) is 5.61. The summed E-state index contributed by atoms with van der Waals surface area (Å²) < 4.78 is 0. The van der Waals surface area contributed by atoms with E-state index in [1.165, 1.54) is 0 Å². The highest BCUT2D eigenvalue weighted by Crippen LogP contribution is 2.22. The summed E-state index contributed by atoms with van der Waals surface area (Å²) in [5.41, 5.74) is 6.00. The second-order valence-corrected chi connectivity index (χ2v) is 4.38. The van der Waals surface area contributed by atoms with Crippen LogP contribution in [0.25, 0.3) is 0 Å². The Bertz CT molecular complexity index is 496. The zero-order valence-electron chi connectivity index (χ0n) is 9.52. The van der Waals surface area contributed by atoms with Crippen LogP contribution >= 0.6 is 11.6 Å². The number of halogens is 1. The maximum absolute atomic E-state index is 5.87. The topological polar surface area (TPSA) is 50.9 Å². The predicted octanol–water partition coefficient (Wildman–Crippen LogP) is 2.60. The Morgan fingerprint density at radius 2 is 1.88 bits per heavy atom. The van der Waals surface area contributed by atoms with Crippen molar-refractivity contribution in [3.05, 3.63) is 64.4 Å². The summed E-state index contributed by atoms with van der Waals surface area (Å²) in [6.07, 6.45) is 3.63. The number of pyridine rings is 1. The van der Waals surface area contributed by atoms with Crippen LogP contribution in [0.3, 0.4) is 0 Å². The molecule has 1 atom stereocenters. The first-order valence-corrected chi connectivity index (χ1v) is 5.71. The molecule has 0 spiro atoms. The molecule has 3 N–H and O–H groups in total. The van der Waals surface area contributed by atoms with Gasteiger partial charge in [-0.25, -0.2) is 5.43 Å². The number of hydrogen-bond acceptors (Lipinski definition) is 3. The lowest BCUT2D eigenvalue weighted by Gasteiger charge is -2.16. The van der Waals surface area contributed by atoms with E-state index >= 15 is 0 Å². The number of aryl methyl sites for hydroxylation is 1. The smallest absolute Gasteiger partial charge is 0.0725 e. The van der Waals surface area contributed by atoms with Gasteiger partial charge in [0.1, 0.15) is 0 Å². The fourth-order valence-corrected chi connectivity index (χ4v) is 1.90. The Kier molecular flexibility index (Phi) is 3.74. The van der Waals surface area contributed by atoms with Crippen molar-refractivity contribution >= 4 is 11.6 Å². The van der Waals surface area contributed by atoms with Crippen LogP contribution in [0.1, 0.15) is 22.7 Å². The van der Waals surface area contributed by atoms with Gasteiger partial charge < -0.3 is 0 Å². The van der Waals surface area contributed by atoms with Crippen molar-refractivity contribution in [3.63, 3.8) is 0 Å². The summed E-state index contributed by atoms with van der Waals surface area (Å²) in [5, 5.41) is 0.715. The molecule has 0 bridgehead atoms. The average Bonchev–Trinajstić information content (AvgIpc) is 2.33. The largest absolute Gasteiger partial charge is 0.271 e. The van der Waals surface area contributed by atoms with Crippen molar-refractivity contribution in [1.82, 2.24) is 10.4 Å². The Labute approximate surface area is 106 Å². The average molecular weight is 248 g/mol. The predicted molar refractivity (Wildman–Crippen MR) is 69.6 cm³/mol. The van der Waals surface area contributed by atoms with Crippen molar-refractivity contribution in [2.45, 2.75) is 13.0 Å². The number of nitrogens with one attached hydrogen (secondary N) is 1. The van der Waals surface area contributed by atoms with E-state index in [0.29, 0.717) is 5.02 Å². The molecule has 0 saturated carbocycles. The first-order chi connectivity index (χ1) is 8.20. The summed E-state index contributed by atoms with van der Waals surface area (Å²) in [6.45, 7) is 2.01. The summed E-state index contributed by atoms with van der Waals surface area (Å²) in [6, 6.07) is 9.60. The number of nitrogens with zero attached hydrogens (tertiary/aromatic N) is 1. The van der Waals surface area contributed by atoms with Crippen molar-refractivity contribution in [2.24, 2.45) is 5.84 Å². The molecule has 0 aliphatic heterocycles. The summed E-state index contributed by atoms with van der Waals surface area (Å²) >= 11 is 5.87. The number of rotatable bonds is 3. The van der Waals surface area contributed by atoms with Gasteiger partial charge in [-0.05, 0) is 35.7 Å². The monoisotopic (exact) mass is 247 g/mol. The third kappa shape index (κ3) is 2.82. The highest BCUT2D eigenvalue weighted by molar-refractivity contribution is 6.30. The Balaban J connectivity index is 2.36. The van der Waals surface area contributed by atoms with Gasteiger partial charge in [-0.1, -0.05) is 29.8 Å². The standard InChI is InChI=1S/C13H14ClN3/c1-9-6-11(8-16-7-9)13(17-15)10-2-4-12(14)5-3-10/h2-8,13,17H,15H2,1H3. The summed E-state index contributed by atoms with van der Waals surface area (Å²) in [7, 11) is 0. The number of aromatic nitrogens is 1. The third-order valence-electron chi connectivity index (χ3n) is 2.60. The molecule has 1 unspecified atom stereocenters. The van der Waals surface area contributed by atoms with Gasteiger partial charge in [0.2, 0.25) is 0 Å². The highest BCUT2D eigenvalue weighted by atomic mass is 35.5. The molecule has 4 heteroatoms. The fourth-order valence-electron chi connectivity index (χ4n) is 1.78. The van der Waals surface area contributed by atoms with Crippen LogP contribution in [-0.2, 0) is 0 Å². The lowest BCUT2D eigenvalue weighted by Crippen LogP contribution is -2.28. The van der Waals surface area contributed by atoms with E-state index < -0.39 is 0 Å². The molecule has 1 aromatic heterocycles. The van der Waals surface area contributed by atoms with Crippen molar-refractivity contribution in [3.8, 4) is 0 Å². The van der Waals surface area contributed by atoms with Crippen LogP contribution < -0.4 is 11.3 Å². The molecule has 2 aromatic rings. The van der Waals surface area contributed by atoms with Gasteiger partial charge in [0.25, 0.3) is 0 Å². The minimum atomic E-state index is -0.0698. The number of benzene rings is 1. The number of nitrogens with two attached hydrogens (primary N) is 1. The molecule has 0 fully saturated rings. The van der Waals surface area contributed by atoms with Gasteiger partial charge >= 0.3 is 0 Å². The maximum atomic E-state index is 5.87. The number of hydrogen-bond donors (Lipinski definition) is 2. The zero-order valence-corrected chi connectivity index (χ0v) is 10.3. The zero-order chi connectivity index (χ0) is 12.3. The molecule has 0 aliphatic carbocycles. The molecule has 0 radical (unpaired) electrons. The molecular formula is C13H14ClN3. The van der Waals surface area contributed by atoms with Crippen LogP contribution in [0, 0.1) is 6.92 Å². The third-order valence-corrected chi connectivity index (χ3v) is 2.85. The Morgan fingerprint density at radius 3 is 2.47 bits per heavy atom. The normalized spacial score (nSPS) is 12.4. The molecule has 1 heterocycles. The number of hydrazine groups is 1. The van der Waals surface area contributed by atoms with E-state index in [1.807, 2.05) is 43.6 Å². The van der Waals surface area contributed by atoms with E-state index in [1.54, 1.807) is 0 Å². The van der Waals surface area contributed by atoms with Gasteiger partial charge in [0.15, 0.2) is 0 Å². The highest BCUT2D eigenvalue weighted by Gasteiger charge is 2.12. The Hall–Kier alpha value is -1.42. The van der Waals surface area contributed by atoms with Crippen LogP contribution in [0.4, 0.5) is 0 Å². The summed E-state index contributed by atoms with van der Waals surface area (Å²) in [4.78, 5) is 4.17. The lowest BCUT2D eigenvalue weighted by atomic mass is 10.00. The molecule has 2 rings (SSSR count). The van der Waals surface area contributed by atoms with Gasteiger partial charge in [0, 0.05) is 17.4 Å². The maximum Gasteiger partial charge on any atom is 0.0725 e. The van der Waals surface area contributed by atoms with Gasteiger partial charge in [-0.15, -0.1) is 0 Å². The molecule has 0 amide bonds. The first kappa shape index (κ1) is 12.0. The van der Waals surface area contributed by atoms with E-state index in [-0.39, 0.29) is 6.04 Å². The van der Waals surface area contributed by atoms with Crippen molar-refractivity contribution in [1.29, 1.82) is 0 Å². The van der Waals surface area contributed by atoms with Gasteiger partial charge in [-0.3, -0.25) is 10.8 Å². The molecular weight excluding hydrogens is 234 g/mol. The second kappa shape index (κ2) is 5.27. The van der Waals surface area contributed by atoms with E-state index in [2.05, 4.69) is 16.5 Å². The molecule has 88 valence electrons. The molecule has 0 aliphatic rings. The quantitative estimate of drug-likeness (QED) is 0.648. The van der Waals surface area contributed by atoms with Crippen LogP contribution in [0.2, 0.25) is 5.02 Å². The van der Waals surface area contributed by atoms with E-state index in [9.17, 15) is 0 Å². The molecule has 17 heavy (non-hydrogen) atoms. The lowest BCUT2D eigenvalue weighted by molar-refractivity contribution is 0.634. The van der Waals surface area contributed by atoms with Gasteiger partial charge in [-0.2, -0.15) is 0 Å². The molecule has 0 saturated heterocycles. The van der Waals surface area contributed by atoms with Gasteiger partial charge in [0.05, 0.1) is 6.04 Å². The Morgan fingerprint density at radius 1 is 1.18 bits per heavy atom. The van der Waals surface area contributed by atoms with E-state index in [4.69, 9.17) is 17.4 Å². The minimum absolute atomic E-state index is 0.0698.